The number of rotatable bonds is 4. The van der Waals surface area contributed by atoms with Crippen molar-refractivity contribution in [3.8, 4) is 11.5 Å². The highest BCUT2D eigenvalue weighted by atomic mass is 35.5. The summed E-state index contributed by atoms with van der Waals surface area (Å²) in [7, 11) is 0. The van der Waals surface area contributed by atoms with Crippen molar-refractivity contribution in [2.75, 3.05) is 19.8 Å². The van der Waals surface area contributed by atoms with E-state index in [1.807, 2.05) is 6.07 Å². The lowest BCUT2D eigenvalue weighted by atomic mass is 10.2. The summed E-state index contributed by atoms with van der Waals surface area (Å²) in [6, 6.07) is 6.91. The van der Waals surface area contributed by atoms with Crippen LogP contribution in [0.15, 0.2) is 29.3 Å². The van der Waals surface area contributed by atoms with E-state index in [1.54, 1.807) is 29.7 Å². The van der Waals surface area contributed by atoms with E-state index in [-0.39, 0.29) is 13.2 Å². The fourth-order valence-electron chi connectivity index (χ4n) is 2.75. The summed E-state index contributed by atoms with van der Waals surface area (Å²) in [4.78, 5) is 29.7. The molecule has 0 saturated heterocycles. The van der Waals surface area contributed by atoms with Gasteiger partial charge < -0.3 is 18.8 Å². The number of esters is 1. The van der Waals surface area contributed by atoms with Gasteiger partial charge in [0.2, 0.25) is 0 Å². The minimum Gasteiger partial charge on any atom is -0.486 e. The molecule has 146 valence electrons. The van der Waals surface area contributed by atoms with Crippen molar-refractivity contribution in [1.82, 2.24) is 4.57 Å². The third kappa shape index (κ3) is 3.78. The summed E-state index contributed by atoms with van der Waals surface area (Å²) in [5, 5.41) is 0. The van der Waals surface area contributed by atoms with Gasteiger partial charge in [0, 0.05) is 12.1 Å². The number of benzene rings is 1. The Morgan fingerprint density at radius 2 is 1.96 bits per heavy atom. The highest BCUT2D eigenvalue weighted by Gasteiger charge is 2.19. The fourth-order valence-corrected chi connectivity index (χ4v) is 4.72. The second kappa shape index (κ2) is 7.94. The zero-order valence-corrected chi connectivity index (χ0v) is 17.2. The molecule has 4 rings (SSSR count). The van der Waals surface area contributed by atoms with E-state index in [4.69, 9.17) is 25.8 Å². The maximum Gasteiger partial charge on any atom is 0.326 e. The van der Waals surface area contributed by atoms with Crippen LogP contribution in [0.25, 0.3) is 10.2 Å². The Hall–Kier alpha value is -2.36. The van der Waals surface area contributed by atoms with Crippen LogP contribution in [0.3, 0.4) is 0 Å². The van der Waals surface area contributed by atoms with Crippen LogP contribution >= 0.6 is 34.3 Å². The second-order valence-corrected chi connectivity index (χ2v) is 8.48. The average molecular weight is 439 g/mol. The van der Waals surface area contributed by atoms with Crippen LogP contribution in [-0.2, 0) is 16.1 Å². The number of carbonyl (C=O) groups is 2. The number of nitrogens with zero attached hydrogens (tertiary/aromatic N) is 2. The van der Waals surface area contributed by atoms with Gasteiger partial charge in [0.25, 0.3) is 5.91 Å². The van der Waals surface area contributed by atoms with Crippen molar-refractivity contribution in [2.45, 2.75) is 13.5 Å². The summed E-state index contributed by atoms with van der Waals surface area (Å²) < 4.78 is 19.3. The lowest BCUT2D eigenvalue weighted by molar-refractivity contribution is -0.143. The molecular weight excluding hydrogens is 424 g/mol. The first-order valence-corrected chi connectivity index (χ1v) is 10.5. The minimum atomic E-state index is -0.418. The van der Waals surface area contributed by atoms with E-state index in [2.05, 4.69) is 4.99 Å². The molecule has 3 heterocycles. The molecule has 0 aliphatic carbocycles. The Morgan fingerprint density at radius 1 is 1.21 bits per heavy atom. The summed E-state index contributed by atoms with van der Waals surface area (Å²) in [5.74, 6) is 0.395. The summed E-state index contributed by atoms with van der Waals surface area (Å²) in [6.07, 6.45) is 0. The number of hydrogen-bond donors (Lipinski definition) is 0. The third-order valence-corrected chi connectivity index (χ3v) is 6.18. The predicted octanol–water partition coefficient (Wildman–Crippen LogP) is 3.49. The number of thiophene rings is 1. The molecule has 0 fully saturated rings. The highest BCUT2D eigenvalue weighted by molar-refractivity contribution is 7.18. The Labute approximate surface area is 172 Å². The van der Waals surface area contributed by atoms with Gasteiger partial charge in [0.15, 0.2) is 16.3 Å². The smallest absolute Gasteiger partial charge is 0.326 e. The van der Waals surface area contributed by atoms with Crippen LogP contribution in [0.4, 0.5) is 0 Å². The van der Waals surface area contributed by atoms with E-state index in [9.17, 15) is 9.59 Å². The van der Waals surface area contributed by atoms with Gasteiger partial charge in [-0.25, -0.2) is 0 Å². The Balaban J connectivity index is 1.84. The van der Waals surface area contributed by atoms with E-state index in [0.29, 0.717) is 38.7 Å². The molecule has 0 N–H and O–H groups in total. The number of hydrogen-bond acceptors (Lipinski definition) is 7. The number of halogens is 1. The van der Waals surface area contributed by atoms with Crippen LogP contribution in [0, 0.1) is 0 Å². The number of carbonyl (C=O) groups excluding carboxylic acids is 2. The summed E-state index contributed by atoms with van der Waals surface area (Å²) in [5.41, 5.74) is 0.720. The monoisotopic (exact) mass is 438 g/mol. The maximum absolute atomic E-state index is 12.5. The molecule has 0 radical (unpaired) electrons. The molecule has 3 aromatic rings. The van der Waals surface area contributed by atoms with Gasteiger partial charge in [0.05, 0.1) is 26.0 Å². The molecule has 0 atom stereocenters. The molecule has 28 heavy (non-hydrogen) atoms. The zero-order valence-electron chi connectivity index (χ0n) is 14.8. The second-order valence-electron chi connectivity index (χ2n) is 5.76. The molecule has 10 heteroatoms. The molecule has 7 nitrogen and oxygen atoms in total. The molecule has 1 amide bonds. The normalized spacial score (nSPS) is 13.7. The molecule has 1 aliphatic rings. The van der Waals surface area contributed by atoms with Crippen molar-refractivity contribution in [2.24, 2.45) is 4.99 Å². The number of amides is 1. The van der Waals surface area contributed by atoms with Crippen LogP contribution in [-0.4, -0.2) is 36.3 Å². The Bertz CT molecular complexity index is 1130. The number of fused-ring (bicyclic) bond motifs is 2. The molecule has 0 bridgehead atoms. The first kappa shape index (κ1) is 19.0. The first-order chi connectivity index (χ1) is 13.5. The topological polar surface area (TPSA) is 79.1 Å². The fraction of sp³-hybridized carbons (Fsp3) is 0.278. The van der Waals surface area contributed by atoms with Crippen molar-refractivity contribution in [3.05, 3.63) is 38.3 Å². The van der Waals surface area contributed by atoms with Crippen LogP contribution < -0.4 is 14.3 Å². The molecule has 1 aromatic carbocycles. The highest BCUT2D eigenvalue weighted by Crippen LogP contribution is 2.35. The maximum atomic E-state index is 12.5. The van der Waals surface area contributed by atoms with Crippen LogP contribution in [0.5, 0.6) is 11.5 Å². The molecule has 2 aromatic heterocycles. The lowest BCUT2D eigenvalue weighted by Crippen LogP contribution is -2.23. The largest absolute Gasteiger partial charge is 0.486 e. The van der Waals surface area contributed by atoms with E-state index < -0.39 is 11.9 Å². The predicted molar refractivity (Wildman–Crippen MR) is 107 cm³/mol. The van der Waals surface area contributed by atoms with E-state index in [0.717, 1.165) is 21.6 Å². The van der Waals surface area contributed by atoms with Crippen molar-refractivity contribution >= 4 is 56.4 Å². The zero-order chi connectivity index (χ0) is 19.7. The van der Waals surface area contributed by atoms with Crippen molar-refractivity contribution in [3.63, 3.8) is 0 Å². The summed E-state index contributed by atoms with van der Waals surface area (Å²) >= 11 is 8.36. The lowest BCUT2D eigenvalue weighted by Gasteiger charge is -2.18. The van der Waals surface area contributed by atoms with Gasteiger partial charge in [0.1, 0.15) is 19.8 Å². The quantitative estimate of drug-likeness (QED) is 0.582. The minimum absolute atomic E-state index is 0.0647. The first-order valence-electron chi connectivity index (χ1n) is 8.48. The molecular formula is C18H15ClN2O5S2. The Morgan fingerprint density at radius 3 is 2.64 bits per heavy atom. The SMILES string of the molecule is CCOC(=O)Cn1c(=NC(=O)c2ccc(Cl)s2)sc2cc3c(cc21)OCCO3. The number of aromatic nitrogens is 1. The van der Waals surface area contributed by atoms with Gasteiger partial charge >= 0.3 is 5.97 Å². The number of thiazole rings is 1. The van der Waals surface area contributed by atoms with Crippen LogP contribution in [0.2, 0.25) is 4.34 Å². The molecule has 0 spiro atoms. The van der Waals surface area contributed by atoms with Gasteiger partial charge in [-0.2, -0.15) is 4.99 Å². The molecule has 1 aliphatic heterocycles. The van der Waals surface area contributed by atoms with Gasteiger partial charge in [-0.15, -0.1) is 11.3 Å². The summed E-state index contributed by atoms with van der Waals surface area (Å²) in [6.45, 7) is 2.87. The molecule has 0 unspecified atom stereocenters. The standard InChI is InChI=1S/C18H15ClN2O5S2/c1-2-24-16(22)9-21-10-7-11-12(26-6-5-25-11)8-14(10)28-18(21)20-17(23)13-3-4-15(19)27-13/h3-4,7-8H,2,5-6,9H2,1H3. The Kier molecular flexibility index (Phi) is 5.38. The van der Waals surface area contributed by atoms with Crippen molar-refractivity contribution in [1.29, 1.82) is 0 Å². The van der Waals surface area contributed by atoms with Gasteiger partial charge in [-0.3, -0.25) is 9.59 Å². The van der Waals surface area contributed by atoms with E-state index in [1.165, 1.54) is 11.3 Å². The third-order valence-electron chi connectivity index (χ3n) is 3.92. The van der Waals surface area contributed by atoms with Crippen LogP contribution in [0.1, 0.15) is 16.6 Å². The number of ether oxygens (including phenoxy) is 3. The van der Waals surface area contributed by atoms with E-state index >= 15 is 0 Å². The van der Waals surface area contributed by atoms with Crippen molar-refractivity contribution < 1.29 is 23.8 Å². The molecule has 0 saturated carbocycles. The average Bonchev–Trinajstić information content (AvgIpc) is 3.24. The van der Waals surface area contributed by atoms with Gasteiger partial charge in [-0.1, -0.05) is 22.9 Å². The van der Waals surface area contributed by atoms with Gasteiger partial charge in [-0.05, 0) is 19.1 Å².